The maximum Gasteiger partial charge on any atom is 0.241 e. The number of hydrogen-bond acceptors (Lipinski definition) is 3. The molecule has 0 bridgehead atoms. The van der Waals surface area contributed by atoms with Crippen molar-refractivity contribution in [3.05, 3.63) is 66.2 Å². The van der Waals surface area contributed by atoms with Crippen LogP contribution in [0.1, 0.15) is 32.8 Å². The Labute approximate surface area is 155 Å². The Morgan fingerprint density at radius 3 is 2.04 bits per heavy atom. The zero-order chi connectivity index (χ0) is 19.2. The number of sulfonamides is 1. The average Bonchev–Trinajstić information content (AvgIpc) is 2.58. The lowest BCUT2D eigenvalue weighted by Crippen LogP contribution is -2.52. The SMILES string of the molecule is CC(C)(C)NC(=O)C(CCc1ccccc1)NS(=O)(=O)c1ccccc1. The number of rotatable bonds is 7. The molecule has 2 rings (SSSR count). The van der Waals surface area contributed by atoms with Crippen molar-refractivity contribution in [3.63, 3.8) is 0 Å². The summed E-state index contributed by atoms with van der Waals surface area (Å²) in [6.07, 6.45) is 0.971. The number of benzene rings is 2. The largest absolute Gasteiger partial charge is 0.350 e. The zero-order valence-corrected chi connectivity index (χ0v) is 16.2. The predicted octanol–water partition coefficient (Wildman–Crippen LogP) is 2.88. The standard InChI is InChI=1S/C20H26N2O3S/c1-20(2,3)21-19(23)18(15-14-16-10-6-4-7-11-16)22-26(24,25)17-12-8-5-9-13-17/h4-13,18,22H,14-15H2,1-3H3,(H,21,23). The normalized spacial score (nSPS) is 13.2. The number of nitrogens with one attached hydrogen (secondary N) is 2. The third-order valence-electron chi connectivity index (χ3n) is 3.73. The quantitative estimate of drug-likeness (QED) is 0.782. The summed E-state index contributed by atoms with van der Waals surface area (Å²) in [5.74, 6) is -0.326. The van der Waals surface area contributed by atoms with E-state index < -0.39 is 21.6 Å². The van der Waals surface area contributed by atoms with Crippen molar-refractivity contribution in [2.75, 3.05) is 0 Å². The lowest BCUT2D eigenvalue weighted by Gasteiger charge is -2.25. The molecule has 0 fully saturated rings. The molecule has 0 aliphatic rings. The van der Waals surface area contributed by atoms with Crippen molar-refractivity contribution >= 4 is 15.9 Å². The second-order valence-corrected chi connectivity index (χ2v) is 8.96. The van der Waals surface area contributed by atoms with Gasteiger partial charge in [0.2, 0.25) is 15.9 Å². The molecule has 1 atom stereocenters. The molecule has 0 radical (unpaired) electrons. The van der Waals surface area contributed by atoms with E-state index in [9.17, 15) is 13.2 Å². The van der Waals surface area contributed by atoms with E-state index in [2.05, 4.69) is 10.0 Å². The monoisotopic (exact) mass is 374 g/mol. The Balaban J connectivity index is 2.18. The molecule has 0 saturated carbocycles. The Bertz CT molecular complexity index is 813. The van der Waals surface area contributed by atoms with Crippen LogP contribution in [0.15, 0.2) is 65.6 Å². The van der Waals surface area contributed by atoms with Gasteiger partial charge in [-0.1, -0.05) is 48.5 Å². The highest BCUT2D eigenvalue weighted by atomic mass is 32.2. The average molecular weight is 375 g/mol. The van der Waals surface area contributed by atoms with Crippen LogP contribution in [-0.2, 0) is 21.2 Å². The van der Waals surface area contributed by atoms with Gasteiger partial charge in [-0.25, -0.2) is 8.42 Å². The third-order valence-corrected chi connectivity index (χ3v) is 5.22. The van der Waals surface area contributed by atoms with E-state index in [1.165, 1.54) is 12.1 Å². The molecule has 2 aromatic carbocycles. The van der Waals surface area contributed by atoms with Gasteiger partial charge in [0.15, 0.2) is 0 Å². The molecule has 1 amide bonds. The van der Waals surface area contributed by atoms with Crippen molar-refractivity contribution in [2.24, 2.45) is 0 Å². The van der Waals surface area contributed by atoms with Crippen molar-refractivity contribution in [1.29, 1.82) is 0 Å². The number of hydrogen-bond donors (Lipinski definition) is 2. The summed E-state index contributed by atoms with van der Waals surface area (Å²) in [6, 6.07) is 16.9. The highest BCUT2D eigenvalue weighted by molar-refractivity contribution is 7.89. The first kappa shape index (κ1) is 20.1. The van der Waals surface area contributed by atoms with Crippen molar-refractivity contribution in [2.45, 2.75) is 50.1 Å². The minimum absolute atomic E-state index is 0.147. The van der Waals surface area contributed by atoms with E-state index in [4.69, 9.17) is 0 Å². The summed E-state index contributed by atoms with van der Waals surface area (Å²) < 4.78 is 27.8. The molecule has 2 N–H and O–H groups in total. The molecule has 5 nitrogen and oxygen atoms in total. The molecular weight excluding hydrogens is 348 g/mol. The van der Waals surface area contributed by atoms with E-state index in [1.807, 2.05) is 51.1 Å². The van der Waals surface area contributed by atoms with E-state index in [1.54, 1.807) is 18.2 Å². The Hall–Kier alpha value is -2.18. The number of carbonyl (C=O) groups is 1. The summed E-state index contributed by atoms with van der Waals surface area (Å²) in [7, 11) is -3.78. The van der Waals surface area contributed by atoms with Gasteiger partial charge in [0, 0.05) is 5.54 Å². The van der Waals surface area contributed by atoms with Gasteiger partial charge < -0.3 is 5.32 Å². The topological polar surface area (TPSA) is 75.3 Å². The van der Waals surface area contributed by atoms with Crippen LogP contribution in [0.5, 0.6) is 0 Å². The van der Waals surface area contributed by atoms with Gasteiger partial charge in [-0.05, 0) is 51.3 Å². The summed E-state index contributed by atoms with van der Waals surface area (Å²) in [6.45, 7) is 5.60. The minimum Gasteiger partial charge on any atom is -0.350 e. The first-order valence-corrected chi connectivity index (χ1v) is 10.1. The van der Waals surface area contributed by atoms with E-state index in [-0.39, 0.29) is 10.8 Å². The maximum absolute atomic E-state index is 12.7. The third kappa shape index (κ3) is 6.28. The van der Waals surface area contributed by atoms with Crippen molar-refractivity contribution in [3.8, 4) is 0 Å². The summed E-state index contributed by atoms with van der Waals surface area (Å²) in [5, 5.41) is 2.86. The van der Waals surface area contributed by atoms with Crippen LogP contribution in [0.4, 0.5) is 0 Å². The van der Waals surface area contributed by atoms with E-state index in [0.29, 0.717) is 12.8 Å². The highest BCUT2D eigenvalue weighted by Crippen LogP contribution is 2.12. The molecule has 2 aromatic rings. The van der Waals surface area contributed by atoms with Crippen molar-refractivity contribution in [1.82, 2.24) is 10.0 Å². The lowest BCUT2D eigenvalue weighted by atomic mass is 10.0. The fraction of sp³-hybridized carbons (Fsp3) is 0.350. The van der Waals surface area contributed by atoms with Gasteiger partial charge in [-0.3, -0.25) is 4.79 Å². The molecule has 140 valence electrons. The molecule has 0 aromatic heterocycles. The molecule has 0 aliphatic carbocycles. The van der Waals surface area contributed by atoms with Gasteiger partial charge in [-0.15, -0.1) is 0 Å². The summed E-state index contributed by atoms with van der Waals surface area (Å²) in [4.78, 5) is 12.8. The fourth-order valence-corrected chi connectivity index (χ4v) is 3.76. The first-order chi connectivity index (χ1) is 12.2. The molecular formula is C20H26N2O3S. The van der Waals surface area contributed by atoms with Crippen LogP contribution < -0.4 is 10.0 Å². The Morgan fingerprint density at radius 2 is 1.50 bits per heavy atom. The van der Waals surface area contributed by atoms with Crippen LogP contribution in [0.2, 0.25) is 0 Å². The Morgan fingerprint density at radius 1 is 0.962 bits per heavy atom. The van der Waals surface area contributed by atoms with E-state index in [0.717, 1.165) is 5.56 Å². The van der Waals surface area contributed by atoms with Crippen LogP contribution in [-0.4, -0.2) is 25.9 Å². The molecule has 0 heterocycles. The van der Waals surface area contributed by atoms with Crippen LogP contribution in [0.3, 0.4) is 0 Å². The maximum atomic E-state index is 12.7. The molecule has 6 heteroatoms. The summed E-state index contributed by atoms with van der Waals surface area (Å²) in [5.41, 5.74) is 0.611. The highest BCUT2D eigenvalue weighted by Gasteiger charge is 2.27. The molecule has 0 saturated heterocycles. The van der Waals surface area contributed by atoms with Gasteiger partial charge in [0.05, 0.1) is 4.90 Å². The van der Waals surface area contributed by atoms with Gasteiger partial charge in [0.25, 0.3) is 0 Å². The van der Waals surface area contributed by atoms with Gasteiger partial charge in [0.1, 0.15) is 6.04 Å². The van der Waals surface area contributed by atoms with Crippen LogP contribution in [0.25, 0.3) is 0 Å². The first-order valence-electron chi connectivity index (χ1n) is 8.61. The summed E-state index contributed by atoms with van der Waals surface area (Å²) >= 11 is 0. The number of aryl methyl sites for hydroxylation is 1. The molecule has 0 spiro atoms. The van der Waals surface area contributed by atoms with Gasteiger partial charge >= 0.3 is 0 Å². The number of carbonyl (C=O) groups excluding carboxylic acids is 1. The number of amides is 1. The molecule has 26 heavy (non-hydrogen) atoms. The minimum atomic E-state index is -3.78. The second kappa shape index (κ2) is 8.47. The zero-order valence-electron chi connectivity index (χ0n) is 15.4. The fourth-order valence-electron chi connectivity index (χ4n) is 2.51. The molecule has 1 unspecified atom stereocenters. The molecule has 0 aliphatic heterocycles. The van der Waals surface area contributed by atoms with Crippen LogP contribution >= 0.6 is 0 Å². The smallest absolute Gasteiger partial charge is 0.241 e. The van der Waals surface area contributed by atoms with Crippen molar-refractivity contribution < 1.29 is 13.2 Å². The van der Waals surface area contributed by atoms with E-state index >= 15 is 0 Å². The Kier molecular flexibility index (Phi) is 6.56. The second-order valence-electron chi connectivity index (χ2n) is 7.25. The predicted molar refractivity (Wildman–Crippen MR) is 103 cm³/mol. The lowest BCUT2D eigenvalue weighted by molar-refractivity contribution is -0.124. The van der Waals surface area contributed by atoms with Gasteiger partial charge in [-0.2, -0.15) is 4.72 Å². The van der Waals surface area contributed by atoms with Crippen LogP contribution in [0, 0.1) is 0 Å².